The van der Waals surface area contributed by atoms with Gasteiger partial charge in [0.15, 0.2) is 0 Å². The number of likely N-dealkylation sites (tertiary alicyclic amines) is 1. The molecule has 116 valence electrons. The number of benzene rings is 1. The van der Waals surface area contributed by atoms with Gasteiger partial charge in [-0.25, -0.2) is 0 Å². The van der Waals surface area contributed by atoms with Crippen LogP contribution < -0.4 is 5.73 Å². The van der Waals surface area contributed by atoms with Gasteiger partial charge in [-0.2, -0.15) is 13.2 Å². The molecule has 2 aliphatic rings. The number of rotatable bonds is 2. The Labute approximate surface area is 123 Å². The summed E-state index contributed by atoms with van der Waals surface area (Å²) in [4.78, 5) is 2.36. The van der Waals surface area contributed by atoms with Crippen molar-refractivity contribution < 1.29 is 13.2 Å². The second-order valence-electron chi connectivity index (χ2n) is 6.41. The molecule has 1 saturated heterocycles. The molecule has 2 nitrogen and oxygen atoms in total. The van der Waals surface area contributed by atoms with Crippen LogP contribution in [0.15, 0.2) is 24.3 Å². The second-order valence-corrected chi connectivity index (χ2v) is 6.41. The van der Waals surface area contributed by atoms with Crippen molar-refractivity contribution in [2.75, 3.05) is 13.1 Å². The quantitative estimate of drug-likeness (QED) is 0.906. The Bertz CT molecular complexity index is 497. The number of fused-ring (bicyclic) bond motifs is 1. The standard InChI is InChI=1S/C16H21F3N2/c1-10(11-2-5-13(6-3-11)16(17,18)19)21-8-12-4-7-15(20)14(12)9-21/h2-3,5-6,10,12,14-15H,4,7-9,20H2,1H3. The molecule has 0 amide bonds. The van der Waals surface area contributed by atoms with E-state index in [1.54, 1.807) is 12.1 Å². The number of hydrogen-bond donors (Lipinski definition) is 1. The van der Waals surface area contributed by atoms with E-state index >= 15 is 0 Å². The van der Waals surface area contributed by atoms with Gasteiger partial charge in [-0.15, -0.1) is 0 Å². The van der Waals surface area contributed by atoms with Crippen LogP contribution in [0.5, 0.6) is 0 Å². The zero-order chi connectivity index (χ0) is 15.2. The SMILES string of the molecule is CC(c1ccc(C(F)(F)F)cc1)N1CC2CCC(N)C2C1. The first kappa shape index (κ1) is 14.9. The van der Waals surface area contributed by atoms with Crippen molar-refractivity contribution in [3.05, 3.63) is 35.4 Å². The van der Waals surface area contributed by atoms with Crippen molar-refractivity contribution in [2.24, 2.45) is 17.6 Å². The lowest BCUT2D eigenvalue weighted by molar-refractivity contribution is -0.137. The van der Waals surface area contributed by atoms with Crippen LogP contribution in [0.2, 0.25) is 0 Å². The van der Waals surface area contributed by atoms with Gasteiger partial charge in [0.2, 0.25) is 0 Å². The smallest absolute Gasteiger partial charge is 0.327 e. The van der Waals surface area contributed by atoms with Crippen molar-refractivity contribution >= 4 is 0 Å². The molecular formula is C16H21F3N2. The molecule has 0 radical (unpaired) electrons. The largest absolute Gasteiger partial charge is 0.416 e. The molecule has 0 aromatic heterocycles. The van der Waals surface area contributed by atoms with Gasteiger partial charge >= 0.3 is 6.18 Å². The molecule has 1 aliphatic carbocycles. The van der Waals surface area contributed by atoms with Crippen molar-refractivity contribution in [3.63, 3.8) is 0 Å². The Hall–Kier alpha value is -1.07. The Morgan fingerprint density at radius 3 is 2.38 bits per heavy atom. The third-order valence-corrected chi connectivity index (χ3v) is 5.21. The first-order valence-corrected chi connectivity index (χ1v) is 7.53. The van der Waals surface area contributed by atoms with E-state index in [0.717, 1.165) is 25.1 Å². The summed E-state index contributed by atoms with van der Waals surface area (Å²) in [5.74, 6) is 1.22. The Balaban J connectivity index is 1.70. The zero-order valence-corrected chi connectivity index (χ0v) is 12.1. The van der Waals surface area contributed by atoms with Crippen molar-refractivity contribution in [3.8, 4) is 0 Å². The van der Waals surface area contributed by atoms with Gasteiger partial charge in [-0.3, -0.25) is 4.90 Å². The molecule has 2 N–H and O–H groups in total. The normalized spacial score (nSPS) is 31.4. The van der Waals surface area contributed by atoms with Crippen LogP contribution in [0.25, 0.3) is 0 Å². The number of hydrogen-bond acceptors (Lipinski definition) is 2. The van der Waals surface area contributed by atoms with Crippen molar-refractivity contribution in [2.45, 2.75) is 38.0 Å². The van der Waals surface area contributed by atoms with Crippen LogP contribution in [0.4, 0.5) is 13.2 Å². The number of halogens is 3. The minimum Gasteiger partial charge on any atom is -0.327 e. The predicted octanol–water partition coefficient (Wildman–Crippen LogP) is 3.44. The van der Waals surface area contributed by atoms with Gasteiger partial charge in [0.25, 0.3) is 0 Å². The summed E-state index contributed by atoms with van der Waals surface area (Å²) < 4.78 is 37.8. The highest BCUT2D eigenvalue weighted by molar-refractivity contribution is 5.26. The lowest BCUT2D eigenvalue weighted by Crippen LogP contribution is -2.31. The van der Waals surface area contributed by atoms with Crippen LogP contribution in [0.3, 0.4) is 0 Å². The molecule has 5 heteroatoms. The number of alkyl halides is 3. The van der Waals surface area contributed by atoms with E-state index in [-0.39, 0.29) is 6.04 Å². The maximum atomic E-state index is 12.6. The van der Waals surface area contributed by atoms with E-state index in [1.807, 2.05) is 0 Å². The maximum Gasteiger partial charge on any atom is 0.416 e. The van der Waals surface area contributed by atoms with Gasteiger partial charge in [0.1, 0.15) is 0 Å². The average molecular weight is 298 g/mol. The molecule has 2 fully saturated rings. The zero-order valence-electron chi connectivity index (χ0n) is 12.1. The molecule has 1 aromatic rings. The monoisotopic (exact) mass is 298 g/mol. The lowest BCUT2D eigenvalue weighted by atomic mass is 9.98. The molecule has 3 rings (SSSR count). The minimum absolute atomic E-state index is 0.144. The Morgan fingerprint density at radius 1 is 1.14 bits per heavy atom. The van der Waals surface area contributed by atoms with E-state index in [2.05, 4.69) is 11.8 Å². The molecule has 1 aliphatic heterocycles. The van der Waals surface area contributed by atoms with Crippen LogP contribution in [0.1, 0.15) is 36.9 Å². The van der Waals surface area contributed by atoms with Crippen LogP contribution in [-0.4, -0.2) is 24.0 Å². The van der Waals surface area contributed by atoms with Crippen molar-refractivity contribution in [1.82, 2.24) is 4.90 Å². The van der Waals surface area contributed by atoms with Crippen LogP contribution in [0, 0.1) is 11.8 Å². The molecule has 0 bridgehead atoms. The van der Waals surface area contributed by atoms with Crippen LogP contribution >= 0.6 is 0 Å². The summed E-state index contributed by atoms with van der Waals surface area (Å²) in [7, 11) is 0. The van der Waals surface area contributed by atoms with E-state index in [4.69, 9.17) is 5.73 Å². The van der Waals surface area contributed by atoms with E-state index in [0.29, 0.717) is 17.9 Å². The summed E-state index contributed by atoms with van der Waals surface area (Å²) in [6.07, 6.45) is -1.97. The fraction of sp³-hybridized carbons (Fsp3) is 0.625. The molecule has 1 saturated carbocycles. The molecule has 4 atom stereocenters. The summed E-state index contributed by atoms with van der Waals surface area (Å²) >= 11 is 0. The maximum absolute atomic E-state index is 12.6. The Kier molecular flexibility index (Phi) is 3.74. The molecule has 1 aromatic carbocycles. The van der Waals surface area contributed by atoms with Gasteiger partial charge in [0, 0.05) is 25.2 Å². The predicted molar refractivity (Wildman–Crippen MR) is 75.6 cm³/mol. The van der Waals surface area contributed by atoms with E-state index in [1.165, 1.54) is 18.6 Å². The van der Waals surface area contributed by atoms with Gasteiger partial charge in [-0.05, 0) is 49.3 Å². The number of nitrogens with zero attached hydrogens (tertiary/aromatic N) is 1. The molecule has 21 heavy (non-hydrogen) atoms. The lowest BCUT2D eigenvalue weighted by Gasteiger charge is -2.26. The summed E-state index contributed by atoms with van der Waals surface area (Å²) in [5.41, 5.74) is 6.49. The third kappa shape index (κ3) is 2.81. The topological polar surface area (TPSA) is 29.3 Å². The highest BCUT2D eigenvalue weighted by Gasteiger charge is 2.42. The average Bonchev–Trinajstić information content (AvgIpc) is 3.00. The molecule has 0 spiro atoms. The molecule has 4 unspecified atom stereocenters. The van der Waals surface area contributed by atoms with Crippen molar-refractivity contribution in [1.29, 1.82) is 0 Å². The fourth-order valence-electron chi connectivity index (χ4n) is 3.82. The van der Waals surface area contributed by atoms with Crippen LogP contribution in [-0.2, 0) is 6.18 Å². The van der Waals surface area contributed by atoms with Gasteiger partial charge in [-0.1, -0.05) is 12.1 Å². The fourth-order valence-corrected chi connectivity index (χ4v) is 3.82. The second kappa shape index (κ2) is 5.29. The summed E-state index contributed by atoms with van der Waals surface area (Å²) in [5, 5.41) is 0. The highest BCUT2D eigenvalue weighted by atomic mass is 19.4. The van der Waals surface area contributed by atoms with E-state index < -0.39 is 11.7 Å². The Morgan fingerprint density at radius 2 is 1.81 bits per heavy atom. The first-order chi connectivity index (χ1) is 9.86. The number of nitrogens with two attached hydrogens (primary N) is 1. The summed E-state index contributed by atoms with van der Waals surface area (Å²) in [6.45, 7) is 4.05. The molecular weight excluding hydrogens is 277 g/mol. The van der Waals surface area contributed by atoms with E-state index in [9.17, 15) is 13.2 Å². The van der Waals surface area contributed by atoms with Gasteiger partial charge < -0.3 is 5.73 Å². The summed E-state index contributed by atoms with van der Waals surface area (Å²) in [6, 6.07) is 5.98. The van der Waals surface area contributed by atoms with Gasteiger partial charge in [0.05, 0.1) is 5.56 Å². The minimum atomic E-state index is -4.26. The highest BCUT2D eigenvalue weighted by Crippen LogP contribution is 2.40. The first-order valence-electron chi connectivity index (χ1n) is 7.53. The third-order valence-electron chi connectivity index (χ3n) is 5.21. The molecule has 1 heterocycles.